The Balaban J connectivity index is 1.92. The minimum absolute atomic E-state index is 0.579. The first kappa shape index (κ1) is 15.8. The Kier molecular flexibility index (Phi) is 5.14. The van der Waals surface area contributed by atoms with Crippen LogP contribution in [-0.4, -0.2) is 0 Å². The Morgan fingerprint density at radius 1 is 0.826 bits per heavy atom. The van der Waals surface area contributed by atoms with Gasteiger partial charge in [0.2, 0.25) is 0 Å². The van der Waals surface area contributed by atoms with Gasteiger partial charge in [0.05, 0.1) is 0 Å². The third-order valence-corrected chi connectivity index (χ3v) is 4.36. The van der Waals surface area contributed by atoms with E-state index in [1.807, 2.05) is 30.3 Å². The predicted molar refractivity (Wildman–Crippen MR) is 99.7 cm³/mol. The van der Waals surface area contributed by atoms with Gasteiger partial charge in [-0.2, -0.15) is 0 Å². The van der Waals surface area contributed by atoms with Gasteiger partial charge >= 0.3 is 0 Å². The minimum Gasteiger partial charge on any atom is -0.488 e. The molecule has 0 bridgehead atoms. The standard InChI is InChI=1S/C21H19BrO/c1-2-17-14-18(22)12-13-19(17)20-10-6-7-11-21(20)23-15-16-8-4-3-5-9-16/h3-14H,2,15H2,1H3. The molecular formula is C21H19BrO. The second-order valence-electron chi connectivity index (χ2n) is 5.43. The van der Waals surface area contributed by atoms with Crippen LogP contribution in [-0.2, 0) is 13.0 Å². The van der Waals surface area contributed by atoms with E-state index in [0.717, 1.165) is 22.2 Å². The van der Waals surface area contributed by atoms with E-state index in [1.54, 1.807) is 0 Å². The molecule has 2 heteroatoms. The molecular weight excluding hydrogens is 348 g/mol. The zero-order valence-electron chi connectivity index (χ0n) is 13.1. The molecule has 0 unspecified atom stereocenters. The lowest BCUT2D eigenvalue weighted by atomic mass is 9.97. The van der Waals surface area contributed by atoms with Crippen LogP contribution >= 0.6 is 15.9 Å². The molecule has 3 aromatic rings. The molecule has 0 N–H and O–H groups in total. The third-order valence-electron chi connectivity index (χ3n) is 3.86. The zero-order valence-corrected chi connectivity index (χ0v) is 14.7. The molecule has 3 aromatic carbocycles. The highest BCUT2D eigenvalue weighted by atomic mass is 79.9. The molecule has 0 atom stereocenters. The van der Waals surface area contributed by atoms with Crippen LogP contribution in [0.5, 0.6) is 5.75 Å². The Bertz CT molecular complexity index is 781. The molecule has 0 aliphatic heterocycles. The number of rotatable bonds is 5. The summed E-state index contributed by atoms with van der Waals surface area (Å²) in [4.78, 5) is 0. The third kappa shape index (κ3) is 3.83. The largest absolute Gasteiger partial charge is 0.488 e. The summed E-state index contributed by atoms with van der Waals surface area (Å²) < 4.78 is 7.21. The fourth-order valence-corrected chi connectivity index (χ4v) is 3.08. The van der Waals surface area contributed by atoms with Crippen LogP contribution in [0, 0.1) is 0 Å². The smallest absolute Gasteiger partial charge is 0.127 e. The van der Waals surface area contributed by atoms with Gasteiger partial charge in [0.1, 0.15) is 12.4 Å². The van der Waals surface area contributed by atoms with Crippen LogP contribution in [0.1, 0.15) is 18.1 Å². The van der Waals surface area contributed by atoms with Crippen molar-refractivity contribution in [1.82, 2.24) is 0 Å². The first-order valence-electron chi connectivity index (χ1n) is 7.82. The topological polar surface area (TPSA) is 9.23 Å². The summed E-state index contributed by atoms with van der Waals surface area (Å²) in [5.41, 5.74) is 4.87. The van der Waals surface area contributed by atoms with E-state index in [1.165, 1.54) is 16.7 Å². The van der Waals surface area contributed by atoms with Crippen molar-refractivity contribution in [1.29, 1.82) is 0 Å². The molecule has 0 aliphatic carbocycles. The number of halogens is 1. The van der Waals surface area contributed by atoms with Gasteiger partial charge in [-0.05, 0) is 41.3 Å². The fraction of sp³-hybridized carbons (Fsp3) is 0.143. The Hall–Kier alpha value is -2.06. The van der Waals surface area contributed by atoms with E-state index < -0.39 is 0 Å². The summed E-state index contributed by atoms with van der Waals surface area (Å²) in [5.74, 6) is 0.924. The zero-order chi connectivity index (χ0) is 16.1. The molecule has 0 spiro atoms. The van der Waals surface area contributed by atoms with E-state index >= 15 is 0 Å². The van der Waals surface area contributed by atoms with Gasteiger partial charge in [-0.1, -0.05) is 77.5 Å². The van der Waals surface area contributed by atoms with E-state index in [0.29, 0.717) is 6.61 Å². The van der Waals surface area contributed by atoms with Crippen molar-refractivity contribution in [3.8, 4) is 16.9 Å². The van der Waals surface area contributed by atoms with Gasteiger partial charge < -0.3 is 4.74 Å². The summed E-state index contributed by atoms with van der Waals surface area (Å²) in [5, 5.41) is 0. The molecule has 0 aliphatic rings. The van der Waals surface area contributed by atoms with Gasteiger partial charge in [0.25, 0.3) is 0 Å². The number of aryl methyl sites for hydroxylation is 1. The summed E-state index contributed by atoms with van der Waals surface area (Å²) in [6, 6.07) is 24.9. The number of para-hydroxylation sites is 1. The Morgan fingerprint density at radius 3 is 2.35 bits per heavy atom. The molecule has 3 rings (SSSR count). The van der Waals surface area contributed by atoms with Crippen molar-refractivity contribution >= 4 is 15.9 Å². The van der Waals surface area contributed by atoms with Crippen LogP contribution < -0.4 is 4.74 Å². The summed E-state index contributed by atoms with van der Waals surface area (Å²) in [6.07, 6.45) is 0.988. The number of hydrogen-bond donors (Lipinski definition) is 0. The lowest BCUT2D eigenvalue weighted by molar-refractivity contribution is 0.307. The maximum Gasteiger partial charge on any atom is 0.127 e. The molecule has 0 heterocycles. The average molecular weight is 367 g/mol. The lowest BCUT2D eigenvalue weighted by Gasteiger charge is -2.14. The minimum atomic E-state index is 0.579. The van der Waals surface area contributed by atoms with Crippen molar-refractivity contribution in [2.75, 3.05) is 0 Å². The maximum absolute atomic E-state index is 6.10. The normalized spacial score (nSPS) is 10.5. The first-order valence-corrected chi connectivity index (χ1v) is 8.62. The van der Waals surface area contributed by atoms with Gasteiger partial charge in [-0.3, -0.25) is 0 Å². The van der Waals surface area contributed by atoms with Gasteiger partial charge in [0.15, 0.2) is 0 Å². The summed E-state index contributed by atoms with van der Waals surface area (Å²) in [6.45, 7) is 2.76. The Labute approximate surface area is 146 Å². The summed E-state index contributed by atoms with van der Waals surface area (Å²) in [7, 11) is 0. The highest BCUT2D eigenvalue weighted by Gasteiger charge is 2.10. The van der Waals surface area contributed by atoms with Crippen molar-refractivity contribution in [2.45, 2.75) is 20.0 Å². The predicted octanol–water partition coefficient (Wildman–Crippen LogP) is 6.26. The molecule has 0 aromatic heterocycles. The van der Waals surface area contributed by atoms with E-state index in [9.17, 15) is 0 Å². The van der Waals surface area contributed by atoms with Crippen molar-refractivity contribution < 1.29 is 4.74 Å². The number of benzene rings is 3. The monoisotopic (exact) mass is 366 g/mol. The second kappa shape index (κ2) is 7.47. The highest BCUT2D eigenvalue weighted by molar-refractivity contribution is 9.10. The van der Waals surface area contributed by atoms with Crippen molar-refractivity contribution in [2.24, 2.45) is 0 Å². The fourth-order valence-electron chi connectivity index (χ4n) is 2.67. The molecule has 116 valence electrons. The lowest BCUT2D eigenvalue weighted by Crippen LogP contribution is -1.98. The molecule has 0 saturated heterocycles. The maximum atomic E-state index is 6.10. The SMILES string of the molecule is CCc1cc(Br)ccc1-c1ccccc1OCc1ccccc1. The van der Waals surface area contributed by atoms with Gasteiger partial charge in [-0.15, -0.1) is 0 Å². The van der Waals surface area contributed by atoms with Crippen molar-refractivity contribution in [3.05, 3.63) is 88.4 Å². The number of hydrogen-bond acceptors (Lipinski definition) is 1. The van der Waals surface area contributed by atoms with E-state index in [4.69, 9.17) is 4.74 Å². The molecule has 23 heavy (non-hydrogen) atoms. The van der Waals surface area contributed by atoms with E-state index in [2.05, 4.69) is 65.3 Å². The van der Waals surface area contributed by atoms with Gasteiger partial charge in [0, 0.05) is 10.0 Å². The molecule has 1 nitrogen and oxygen atoms in total. The summed E-state index contributed by atoms with van der Waals surface area (Å²) >= 11 is 3.56. The van der Waals surface area contributed by atoms with Crippen LogP contribution in [0.3, 0.4) is 0 Å². The molecule has 0 saturated carbocycles. The average Bonchev–Trinajstić information content (AvgIpc) is 2.61. The van der Waals surface area contributed by atoms with Crippen LogP contribution in [0.2, 0.25) is 0 Å². The van der Waals surface area contributed by atoms with E-state index in [-0.39, 0.29) is 0 Å². The second-order valence-corrected chi connectivity index (χ2v) is 6.34. The van der Waals surface area contributed by atoms with Gasteiger partial charge in [-0.25, -0.2) is 0 Å². The van der Waals surface area contributed by atoms with Crippen molar-refractivity contribution in [3.63, 3.8) is 0 Å². The highest BCUT2D eigenvalue weighted by Crippen LogP contribution is 2.34. The quantitative estimate of drug-likeness (QED) is 0.517. The van der Waals surface area contributed by atoms with Crippen LogP contribution in [0.25, 0.3) is 11.1 Å². The number of ether oxygens (including phenoxy) is 1. The first-order chi connectivity index (χ1) is 11.3. The van der Waals surface area contributed by atoms with Crippen LogP contribution in [0.4, 0.5) is 0 Å². The van der Waals surface area contributed by atoms with Crippen LogP contribution in [0.15, 0.2) is 77.3 Å². The molecule has 0 radical (unpaired) electrons. The molecule has 0 fully saturated rings. The molecule has 0 amide bonds. The Morgan fingerprint density at radius 2 is 1.57 bits per heavy atom.